The van der Waals surface area contributed by atoms with Crippen LogP contribution in [0.1, 0.15) is 27.9 Å². The lowest BCUT2D eigenvalue weighted by Crippen LogP contribution is -2.44. The monoisotopic (exact) mass is 527 g/mol. The number of rotatable bonds is 12. The number of H-pyrrole nitrogens is 1. The van der Waals surface area contributed by atoms with E-state index in [0.29, 0.717) is 56.1 Å². The molecule has 1 N–H and O–H groups in total. The molecule has 4 aromatic rings. The van der Waals surface area contributed by atoms with Gasteiger partial charge in [0.05, 0.1) is 0 Å². The van der Waals surface area contributed by atoms with E-state index in [1.807, 2.05) is 59.6 Å². The van der Waals surface area contributed by atoms with Gasteiger partial charge in [0.15, 0.2) is 11.5 Å². The van der Waals surface area contributed by atoms with Crippen LogP contribution in [0.25, 0.3) is 10.9 Å². The van der Waals surface area contributed by atoms with Crippen molar-refractivity contribution in [3.63, 3.8) is 0 Å². The summed E-state index contributed by atoms with van der Waals surface area (Å²) in [5.41, 5.74) is 3.73. The van der Waals surface area contributed by atoms with Crippen LogP contribution in [0.3, 0.4) is 0 Å². The molecule has 0 fully saturated rings. The number of para-hydroxylation sites is 1. The predicted octanol–water partition coefficient (Wildman–Crippen LogP) is 4.65. The van der Waals surface area contributed by atoms with Crippen molar-refractivity contribution in [3.8, 4) is 11.5 Å². The highest BCUT2D eigenvalue weighted by Gasteiger charge is 2.24. The zero-order chi connectivity index (χ0) is 27.0. The van der Waals surface area contributed by atoms with Crippen molar-refractivity contribution in [2.24, 2.45) is 0 Å². The quantitative estimate of drug-likeness (QED) is 0.271. The van der Waals surface area contributed by atoms with Crippen molar-refractivity contribution >= 4 is 22.7 Å². The minimum Gasteiger partial charge on any atom is -0.454 e. The number of ether oxygens (including phenoxy) is 3. The Morgan fingerprint density at radius 2 is 1.72 bits per heavy atom. The van der Waals surface area contributed by atoms with Gasteiger partial charge in [0.2, 0.25) is 12.7 Å². The fraction of sp³-hybridized carbons (Fsp3) is 0.290. The average Bonchev–Trinajstić information content (AvgIpc) is 3.61. The van der Waals surface area contributed by atoms with Crippen molar-refractivity contribution in [1.82, 2.24) is 14.8 Å². The normalized spacial score (nSPS) is 12.0. The van der Waals surface area contributed by atoms with Crippen LogP contribution in [0.5, 0.6) is 11.5 Å². The molecule has 0 saturated carbocycles. The van der Waals surface area contributed by atoms with E-state index in [1.165, 1.54) is 0 Å². The van der Waals surface area contributed by atoms with E-state index in [-0.39, 0.29) is 25.2 Å². The zero-order valence-corrected chi connectivity index (χ0v) is 22.1. The van der Waals surface area contributed by atoms with Gasteiger partial charge in [0.25, 0.3) is 5.91 Å². The first kappa shape index (κ1) is 26.3. The lowest BCUT2D eigenvalue weighted by atomic mass is 10.1. The first-order chi connectivity index (χ1) is 19.1. The Morgan fingerprint density at radius 3 is 2.56 bits per heavy atom. The Morgan fingerprint density at radius 1 is 0.923 bits per heavy atom. The van der Waals surface area contributed by atoms with Crippen molar-refractivity contribution in [1.29, 1.82) is 0 Å². The Bertz CT molecular complexity index is 1420. The smallest absolute Gasteiger partial charge is 0.254 e. The zero-order valence-electron chi connectivity index (χ0n) is 22.1. The van der Waals surface area contributed by atoms with Crippen molar-refractivity contribution in [2.45, 2.75) is 19.4 Å². The molecule has 0 aliphatic carbocycles. The van der Waals surface area contributed by atoms with Gasteiger partial charge in [-0.05, 0) is 48.2 Å². The van der Waals surface area contributed by atoms with Gasteiger partial charge < -0.3 is 29.0 Å². The standard InChI is InChI=1S/C31H33N3O5/c1-37-17-7-15-34(31(36)24-12-13-28-29(18-24)39-22-38-28)21-30(35)33(20-23-8-3-2-4-9-23)16-14-25-19-32-27-11-6-5-10-26(25)27/h2-6,8-13,18-19,32H,7,14-17,20-22H2,1H3. The molecule has 0 saturated heterocycles. The number of methoxy groups -OCH3 is 1. The second kappa shape index (κ2) is 12.5. The van der Waals surface area contributed by atoms with Crippen LogP contribution in [0.4, 0.5) is 0 Å². The van der Waals surface area contributed by atoms with Crippen LogP contribution in [0, 0.1) is 0 Å². The van der Waals surface area contributed by atoms with E-state index in [2.05, 4.69) is 11.1 Å². The average molecular weight is 528 g/mol. The van der Waals surface area contributed by atoms with Crippen LogP contribution in [0.2, 0.25) is 0 Å². The van der Waals surface area contributed by atoms with Crippen molar-refractivity contribution in [3.05, 3.63) is 95.7 Å². The lowest BCUT2D eigenvalue weighted by molar-refractivity contribution is -0.132. The number of benzene rings is 3. The summed E-state index contributed by atoms with van der Waals surface area (Å²) in [7, 11) is 1.63. The Hall–Kier alpha value is -4.30. The first-order valence-corrected chi connectivity index (χ1v) is 13.2. The summed E-state index contributed by atoms with van der Waals surface area (Å²) >= 11 is 0. The van der Waals surface area contributed by atoms with E-state index < -0.39 is 0 Å². The number of nitrogens with one attached hydrogen (secondary N) is 1. The molecule has 5 rings (SSSR count). The molecule has 0 bridgehead atoms. The molecule has 0 spiro atoms. The molecule has 0 unspecified atom stereocenters. The topological polar surface area (TPSA) is 84.1 Å². The van der Waals surface area contributed by atoms with E-state index in [0.717, 1.165) is 22.0 Å². The Balaban J connectivity index is 1.34. The number of amides is 2. The number of nitrogens with zero attached hydrogens (tertiary/aromatic N) is 2. The SMILES string of the molecule is COCCCN(CC(=O)N(CCc1c[nH]c2ccccc12)Cc1ccccc1)C(=O)c1ccc2c(c1)OCO2. The predicted molar refractivity (Wildman–Crippen MR) is 149 cm³/mol. The number of hydrogen-bond donors (Lipinski definition) is 1. The van der Waals surface area contributed by atoms with Gasteiger partial charge in [-0.1, -0.05) is 48.5 Å². The molecule has 39 heavy (non-hydrogen) atoms. The molecular weight excluding hydrogens is 494 g/mol. The van der Waals surface area contributed by atoms with Crippen LogP contribution >= 0.6 is 0 Å². The molecule has 1 aromatic heterocycles. The molecule has 0 radical (unpaired) electrons. The second-order valence-corrected chi connectivity index (χ2v) is 9.55. The Kier molecular flexibility index (Phi) is 8.43. The van der Waals surface area contributed by atoms with Gasteiger partial charge in [0, 0.05) is 56.0 Å². The fourth-order valence-corrected chi connectivity index (χ4v) is 4.82. The molecule has 1 aliphatic rings. The van der Waals surface area contributed by atoms with Crippen LogP contribution in [-0.4, -0.2) is 66.7 Å². The highest BCUT2D eigenvalue weighted by molar-refractivity contribution is 5.97. The van der Waals surface area contributed by atoms with Crippen LogP contribution < -0.4 is 9.47 Å². The van der Waals surface area contributed by atoms with Gasteiger partial charge >= 0.3 is 0 Å². The van der Waals surface area contributed by atoms with Crippen molar-refractivity contribution in [2.75, 3.05) is 40.1 Å². The third-order valence-corrected chi connectivity index (χ3v) is 6.90. The maximum absolute atomic E-state index is 13.8. The van der Waals surface area contributed by atoms with E-state index in [1.54, 1.807) is 30.2 Å². The summed E-state index contributed by atoms with van der Waals surface area (Å²) in [6, 6.07) is 23.2. The molecule has 8 nitrogen and oxygen atoms in total. The molecule has 202 valence electrons. The van der Waals surface area contributed by atoms with E-state index in [9.17, 15) is 9.59 Å². The third-order valence-electron chi connectivity index (χ3n) is 6.90. The molecule has 2 heterocycles. The van der Waals surface area contributed by atoms with Gasteiger partial charge in [-0.15, -0.1) is 0 Å². The summed E-state index contributed by atoms with van der Waals surface area (Å²) < 4.78 is 16.1. The Labute approximate surface area is 228 Å². The van der Waals surface area contributed by atoms with Crippen LogP contribution in [0.15, 0.2) is 79.0 Å². The molecule has 8 heteroatoms. The summed E-state index contributed by atoms with van der Waals surface area (Å²) in [5, 5.41) is 1.16. The minimum atomic E-state index is -0.228. The number of fused-ring (bicyclic) bond motifs is 2. The van der Waals surface area contributed by atoms with Gasteiger partial charge in [-0.2, -0.15) is 0 Å². The molecule has 3 aromatic carbocycles. The summed E-state index contributed by atoms with van der Waals surface area (Å²) in [6.07, 6.45) is 3.33. The van der Waals surface area contributed by atoms with E-state index in [4.69, 9.17) is 14.2 Å². The van der Waals surface area contributed by atoms with Gasteiger partial charge in [-0.3, -0.25) is 9.59 Å². The maximum Gasteiger partial charge on any atom is 0.254 e. The summed E-state index contributed by atoms with van der Waals surface area (Å²) in [5.74, 6) is 0.813. The maximum atomic E-state index is 13.8. The third kappa shape index (κ3) is 6.41. The van der Waals surface area contributed by atoms with E-state index >= 15 is 0 Å². The summed E-state index contributed by atoms with van der Waals surface area (Å²) in [6.45, 7) is 1.99. The number of hydrogen-bond acceptors (Lipinski definition) is 5. The molecular formula is C31H33N3O5. The van der Waals surface area contributed by atoms with Gasteiger partial charge in [0.1, 0.15) is 6.54 Å². The number of carbonyl (C=O) groups excluding carboxylic acids is 2. The van der Waals surface area contributed by atoms with Crippen molar-refractivity contribution < 1.29 is 23.8 Å². The fourth-order valence-electron chi connectivity index (χ4n) is 4.82. The largest absolute Gasteiger partial charge is 0.454 e. The van der Waals surface area contributed by atoms with Gasteiger partial charge in [-0.25, -0.2) is 0 Å². The number of aromatic nitrogens is 1. The highest BCUT2D eigenvalue weighted by atomic mass is 16.7. The number of carbonyl (C=O) groups is 2. The highest BCUT2D eigenvalue weighted by Crippen LogP contribution is 2.33. The molecule has 2 amide bonds. The van der Waals surface area contributed by atoms with Crippen LogP contribution in [-0.2, 0) is 22.5 Å². The minimum absolute atomic E-state index is 0.0301. The molecule has 1 aliphatic heterocycles. The summed E-state index contributed by atoms with van der Waals surface area (Å²) in [4.78, 5) is 34.1. The molecule has 0 atom stereocenters. The number of aromatic amines is 1. The second-order valence-electron chi connectivity index (χ2n) is 9.55. The first-order valence-electron chi connectivity index (χ1n) is 13.2. The lowest BCUT2D eigenvalue weighted by Gasteiger charge is -2.28.